The number of nitrogens with zero attached hydrogens (tertiary/aromatic N) is 1. The Morgan fingerprint density at radius 3 is 2.54 bits per heavy atom. The quantitative estimate of drug-likeness (QED) is 0.605. The Hall–Kier alpha value is -0.630. The van der Waals surface area contributed by atoms with Gasteiger partial charge in [-0.15, -0.1) is 0 Å². The summed E-state index contributed by atoms with van der Waals surface area (Å²) < 4.78 is 7.49. The molecule has 0 aromatic rings. The first-order valence-corrected chi connectivity index (χ1v) is 4.95. The molecule has 0 fully saturated rings. The van der Waals surface area contributed by atoms with Crippen molar-refractivity contribution in [3.8, 4) is 0 Å². The summed E-state index contributed by atoms with van der Waals surface area (Å²) >= 11 is 0. The summed E-state index contributed by atoms with van der Waals surface area (Å²) in [5.41, 5.74) is 0. The largest absolute Gasteiger partial charge is 0.378 e. The average molecular weight is 182 g/mol. The zero-order chi connectivity index (χ0) is 9.84. The lowest BCUT2D eigenvalue weighted by atomic mass is 10.1. The van der Waals surface area contributed by atoms with Gasteiger partial charge in [0.25, 0.3) is 0 Å². The Labute approximate surface area is 80.9 Å². The van der Waals surface area contributed by atoms with Crippen molar-refractivity contribution in [2.75, 3.05) is 13.7 Å². The maximum Gasteiger partial charge on any atom is 0.183 e. The van der Waals surface area contributed by atoms with Crippen LogP contribution in [0.1, 0.15) is 20.8 Å². The molecule has 74 valence electrons. The van der Waals surface area contributed by atoms with Crippen LogP contribution in [0, 0.1) is 11.8 Å². The zero-order valence-electron chi connectivity index (χ0n) is 9.03. The molecular formula is C11H20NO+. The van der Waals surface area contributed by atoms with Gasteiger partial charge in [0.15, 0.2) is 18.5 Å². The van der Waals surface area contributed by atoms with E-state index in [1.54, 1.807) is 7.11 Å². The lowest BCUT2D eigenvalue weighted by Crippen LogP contribution is -2.32. The molecule has 1 aliphatic rings. The van der Waals surface area contributed by atoms with Crippen LogP contribution in [0.15, 0.2) is 12.3 Å². The molecule has 0 unspecified atom stereocenters. The fraction of sp³-hybridized carbons (Fsp3) is 0.727. The highest BCUT2D eigenvalue weighted by Gasteiger charge is 2.26. The molecule has 0 saturated heterocycles. The second-order valence-corrected chi connectivity index (χ2v) is 4.06. The number of hydrogen-bond acceptors (Lipinski definition) is 1. The second-order valence-electron chi connectivity index (χ2n) is 4.06. The topological polar surface area (TPSA) is 12.2 Å². The molecule has 0 aromatic heterocycles. The zero-order valence-corrected chi connectivity index (χ0v) is 9.03. The van der Waals surface area contributed by atoms with Gasteiger partial charge in [0.05, 0.1) is 5.92 Å². The van der Waals surface area contributed by atoms with E-state index in [1.165, 1.54) is 0 Å². The van der Waals surface area contributed by atoms with Crippen LogP contribution in [0.5, 0.6) is 0 Å². The third-order valence-electron chi connectivity index (χ3n) is 2.46. The summed E-state index contributed by atoms with van der Waals surface area (Å²) in [4.78, 5) is 0. The molecule has 2 nitrogen and oxygen atoms in total. The van der Waals surface area contributed by atoms with Gasteiger partial charge < -0.3 is 4.74 Å². The van der Waals surface area contributed by atoms with Crippen LogP contribution in [0.25, 0.3) is 0 Å². The van der Waals surface area contributed by atoms with E-state index < -0.39 is 0 Å². The molecule has 2 heteroatoms. The minimum absolute atomic E-state index is 0.478. The highest BCUT2D eigenvalue weighted by atomic mass is 16.5. The molecule has 1 heterocycles. The van der Waals surface area contributed by atoms with E-state index in [0.717, 1.165) is 6.61 Å². The average Bonchev–Trinajstić information content (AvgIpc) is 2.46. The lowest BCUT2D eigenvalue weighted by Gasteiger charge is -2.14. The molecule has 0 aliphatic carbocycles. The Morgan fingerprint density at radius 2 is 2.15 bits per heavy atom. The number of rotatable bonds is 4. The second kappa shape index (κ2) is 4.56. The predicted octanol–water partition coefficient (Wildman–Crippen LogP) is 1.90. The van der Waals surface area contributed by atoms with Crippen molar-refractivity contribution in [2.24, 2.45) is 11.8 Å². The Bertz CT molecular complexity index is 218. The van der Waals surface area contributed by atoms with E-state index in [-0.39, 0.29) is 0 Å². The van der Waals surface area contributed by atoms with Gasteiger partial charge in [0.1, 0.15) is 6.61 Å². The van der Waals surface area contributed by atoms with E-state index >= 15 is 0 Å². The van der Waals surface area contributed by atoms with Crippen LogP contribution in [0.2, 0.25) is 0 Å². The van der Waals surface area contributed by atoms with E-state index in [1.807, 2.05) is 0 Å². The smallest absolute Gasteiger partial charge is 0.183 e. The maximum absolute atomic E-state index is 5.22. The lowest BCUT2D eigenvalue weighted by molar-refractivity contribution is -0.507. The van der Waals surface area contributed by atoms with Crippen molar-refractivity contribution in [2.45, 2.75) is 26.8 Å². The molecule has 0 radical (unpaired) electrons. The van der Waals surface area contributed by atoms with Crippen molar-refractivity contribution in [1.29, 1.82) is 0 Å². The van der Waals surface area contributed by atoms with Gasteiger partial charge in [-0.1, -0.05) is 13.8 Å². The van der Waals surface area contributed by atoms with Crippen LogP contribution >= 0.6 is 0 Å². The van der Waals surface area contributed by atoms with E-state index in [4.69, 9.17) is 4.74 Å². The third kappa shape index (κ3) is 2.66. The minimum atomic E-state index is 0.478. The number of allylic oxidation sites excluding steroid dienone is 1. The normalized spacial score (nSPS) is 23.8. The van der Waals surface area contributed by atoms with Crippen molar-refractivity contribution in [3.05, 3.63) is 12.3 Å². The first-order valence-electron chi connectivity index (χ1n) is 4.95. The fourth-order valence-corrected chi connectivity index (χ4v) is 1.62. The fourth-order valence-electron chi connectivity index (χ4n) is 1.62. The van der Waals surface area contributed by atoms with E-state index in [2.05, 4.69) is 43.8 Å². The standard InChI is InChI=1S/C11H20NO/c1-9(2)11(8-13-4)12-6-5-10(3)7-12/h5-7,9-11H,8H2,1-4H3/q+1/t10-,11+/m0/s1. The van der Waals surface area contributed by atoms with Gasteiger partial charge in [0, 0.05) is 13.0 Å². The molecule has 0 spiro atoms. The van der Waals surface area contributed by atoms with Crippen molar-refractivity contribution in [1.82, 2.24) is 0 Å². The van der Waals surface area contributed by atoms with Gasteiger partial charge in [-0.3, -0.25) is 0 Å². The van der Waals surface area contributed by atoms with Gasteiger partial charge >= 0.3 is 0 Å². The number of hydrogen-bond donors (Lipinski definition) is 0. The summed E-state index contributed by atoms with van der Waals surface area (Å²) in [6.07, 6.45) is 6.63. The number of ether oxygens (including phenoxy) is 1. The molecule has 2 atom stereocenters. The Kier molecular flexibility index (Phi) is 3.67. The predicted molar refractivity (Wildman–Crippen MR) is 55.1 cm³/mol. The summed E-state index contributed by atoms with van der Waals surface area (Å²) in [6, 6.07) is 0.478. The summed E-state index contributed by atoms with van der Waals surface area (Å²) in [6.45, 7) is 7.45. The van der Waals surface area contributed by atoms with Crippen LogP contribution in [-0.4, -0.2) is 30.5 Å². The van der Waals surface area contributed by atoms with Crippen molar-refractivity contribution in [3.63, 3.8) is 0 Å². The summed E-state index contributed by atoms with van der Waals surface area (Å²) in [7, 11) is 1.76. The highest BCUT2D eigenvalue weighted by molar-refractivity contribution is 5.59. The summed E-state index contributed by atoms with van der Waals surface area (Å²) in [5.74, 6) is 1.18. The molecular weight excluding hydrogens is 162 g/mol. The molecule has 0 saturated carbocycles. The molecule has 1 rings (SSSR count). The minimum Gasteiger partial charge on any atom is -0.378 e. The third-order valence-corrected chi connectivity index (χ3v) is 2.46. The van der Waals surface area contributed by atoms with E-state index in [0.29, 0.717) is 17.9 Å². The van der Waals surface area contributed by atoms with Crippen LogP contribution in [0.3, 0.4) is 0 Å². The maximum atomic E-state index is 5.22. The van der Waals surface area contributed by atoms with E-state index in [9.17, 15) is 0 Å². The van der Waals surface area contributed by atoms with Crippen LogP contribution in [0.4, 0.5) is 0 Å². The van der Waals surface area contributed by atoms with Crippen LogP contribution in [-0.2, 0) is 4.74 Å². The summed E-state index contributed by atoms with van der Waals surface area (Å²) in [5, 5.41) is 0. The molecule has 0 N–H and O–H groups in total. The van der Waals surface area contributed by atoms with Gasteiger partial charge in [-0.2, -0.15) is 0 Å². The molecule has 0 amide bonds. The first-order chi connectivity index (χ1) is 6.15. The van der Waals surface area contributed by atoms with Crippen molar-refractivity contribution < 1.29 is 9.31 Å². The van der Waals surface area contributed by atoms with Gasteiger partial charge in [0.2, 0.25) is 0 Å². The Morgan fingerprint density at radius 1 is 1.46 bits per heavy atom. The van der Waals surface area contributed by atoms with Gasteiger partial charge in [-0.25, -0.2) is 4.58 Å². The molecule has 13 heavy (non-hydrogen) atoms. The Balaban J connectivity index is 2.65. The van der Waals surface area contributed by atoms with Crippen LogP contribution < -0.4 is 0 Å². The molecule has 1 aliphatic heterocycles. The first kappa shape index (κ1) is 10.5. The monoisotopic (exact) mass is 182 g/mol. The number of methoxy groups -OCH3 is 1. The highest BCUT2D eigenvalue weighted by Crippen LogP contribution is 2.12. The molecule has 0 aromatic carbocycles. The van der Waals surface area contributed by atoms with Gasteiger partial charge in [-0.05, 0) is 13.0 Å². The SMILES string of the molecule is COC[C@H](C(C)C)[N+]1=C[C@@H](C)C=C1. The molecule has 0 bridgehead atoms. The van der Waals surface area contributed by atoms with Crippen molar-refractivity contribution >= 4 is 6.21 Å².